The molecular formula is C13H19F2N3O2. The summed E-state index contributed by atoms with van der Waals surface area (Å²) in [7, 11) is 0. The molecule has 1 fully saturated rings. The van der Waals surface area contributed by atoms with Crippen molar-refractivity contribution >= 4 is 11.9 Å². The van der Waals surface area contributed by atoms with Gasteiger partial charge in [-0.2, -0.15) is 5.10 Å². The van der Waals surface area contributed by atoms with Crippen LogP contribution in [0.1, 0.15) is 50.8 Å². The average molecular weight is 287 g/mol. The molecule has 0 unspecified atom stereocenters. The Labute approximate surface area is 116 Å². The lowest BCUT2D eigenvalue weighted by molar-refractivity contribution is -0.0878. The van der Waals surface area contributed by atoms with E-state index in [-0.39, 0.29) is 18.8 Å². The van der Waals surface area contributed by atoms with Crippen LogP contribution in [-0.2, 0) is 5.54 Å². The summed E-state index contributed by atoms with van der Waals surface area (Å²) in [6, 6.07) is 0. The van der Waals surface area contributed by atoms with E-state index >= 15 is 0 Å². The van der Waals surface area contributed by atoms with Gasteiger partial charge in [-0.25, -0.2) is 18.3 Å². The number of rotatable bonds is 2. The first-order valence-electron chi connectivity index (χ1n) is 6.49. The van der Waals surface area contributed by atoms with Crippen LogP contribution >= 0.6 is 0 Å². The first-order valence-corrected chi connectivity index (χ1v) is 6.49. The number of nitrogens with zero attached hydrogens (tertiary/aromatic N) is 2. The standard InChI is InChI=1S/C13H19F2N3O2/c1-7-9(8-5-13(14,15)6-8)17-18(12(2,3)4)10(7)16-11(19)20/h8,16H,5-6H2,1-4H3,(H,19,20). The van der Waals surface area contributed by atoms with Crippen molar-refractivity contribution in [2.24, 2.45) is 0 Å². The predicted octanol–water partition coefficient (Wildman–Crippen LogP) is 3.55. The topological polar surface area (TPSA) is 67.2 Å². The number of hydrogen-bond acceptors (Lipinski definition) is 2. The van der Waals surface area contributed by atoms with Gasteiger partial charge in [0.25, 0.3) is 0 Å². The Kier molecular flexibility index (Phi) is 3.26. The minimum absolute atomic E-state index is 0.221. The van der Waals surface area contributed by atoms with E-state index in [1.807, 2.05) is 20.8 Å². The van der Waals surface area contributed by atoms with Gasteiger partial charge in [0.05, 0.1) is 11.2 Å². The first kappa shape index (κ1) is 14.7. The molecule has 0 aromatic carbocycles. The number of amides is 1. The van der Waals surface area contributed by atoms with E-state index in [2.05, 4.69) is 10.4 Å². The van der Waals surface area contributed by atoms with E-state index in [9.17, 15) is 13.6 Å². The number of hydrogen-bond donors (Lipinski definition) is 2. The van der Waals surface area contributed by atoms with Crippen LogP contribution in [-0.4, -0.2) is 26.9 Å². The summed E-state index contributed by atoms with van der Waals surface area (Å²) in [5.74, 6) is -2.57. The summed E-state index contributed by atoms with van der Waals surface area (Å²) in [5.41, 5.74) is 0.755. The van der Waals surface area contributed by atoms with E-state index in [0.29, 0.717) is 17.1 Å². The zero-order chi connectivity index (χ0) is 15.3. The maximum Gasteiger partial charge on any atom is 0.410 e. The fourth-order valence-corrected chi connectivity index (χ4v) is 2.49. The molecule has 20 heavy (non-hydrogen) atoms. The summed E-state index contributed by atoms with van der Waals surface area (Å²) in [6.45, 7) is 7.36. The Bertz CT molecular complexity index is 539. The van der Waals surface area contributed by atoms with Gasteiger partial charge in [-0.05, 0) is 27.7 Å². The largest absolute Gasteiger partial charge is 0.465 e. The highest BCUT2D eigenvalue weighted by Crippen LogP contribution is 2.49. The van der Waals surface area contributed by atoms with Gasteiger partial charge >= 0.3 is 6.09 Å². The van der Waals surface area contributed by atoms with Crippen molar-refractivity contribution in [1.29, 1.82) is 0 Å². The molecule has 2 N–H and O–H groups in total. The van der Waals surface area contributed by atoms with Crippen molar-refractivity contribution in [2.45, 2.75) is 57.9 Å². The third-order valence-electron chi connectivity index (χ3n) is 3.50. The van der Waals surface area contributed by atoms with Crippen LogP contribution in [0.25, 0.3) is 0 Å². The third kappa shape index (κ3) is 2.62. The van der Waals surface area contributed by atoms with Crippen LogP contribution in [0.2, 0.25) is 0 Å². The van der Waals surface area contributed by atoms with Crippen molar-refractivity contribution in [1.82, 2.24) is 9.78 Å². The van der Waals surface area contributed by atoms with E-state index < -0.39 is 17.6 Å². The monoisotopic (exact) mass is 287 g/mol. The molecule has 0 atom stereocenters. The van der Waals surface area contributed by atoms with Crippen LogP contribution < -0.4 is 5.32 Å². The van der Waals surface area contributed by atoms with E-state index in [1.54, 1.807) is 11.6 Å². The number of carboxylic acid groups (broad SMARTS) is 1. The number of nitrogens with one attached hydrogen (secondary N) is 1. The molecule has 112 valence electrons. The van der Waals surface area contributed by atoms with Gasteiger partial charge in [0.2, 0.25) is 5.92 Å². The van der Waals surface area contributed by atoms with Crippen LogP contribution in [0.3, 0.4) is 0 Å². The highest BCUT2D eigenvalue weighted by molar-refractivity contribution is 5.83. The molecule has 5 nitrogen and oxygen atoms in total. The molecule has 0 saturated heterocycles. The second-order valence-electron chi connectivity index (χ2n) is 6.33. The van der Waals surface area contributed by atoms with Gasteiger partial charge in [-0.3, -0.25) is 5.32 Å². The van der Waals surface area contributed by atoms with Gasteiger partial charge in [0, 0.05) is 24.3 Å². The van der Waals surface area contributed by atoms with Crippen molar-refractivity contribution in [2.75, 3.05) is 5.32 Å². The third-order valence-corrected chi connectivity index (χ3v) is 3.50. The smallest absolute Gasteiger partial charge is 0.410 e. The minimum Gasteiger partial charge on any atom is -0.465 e. The lowest BCUT2D eigenvalue weighted by Gasteiger charge is -2.34. The lowest BCUT2D eigenvalue weighted by atomic mass is 9.78. The van der Waals surface area contributed by atoms with Crippen LogP contribution in [0, 0.1) is 6.92 Å². The van der Waals surface area contributed by atoms with Gasteiger partial charge < -0.3 is 5.11 Å². The maximum atomic E-state index is 13.0. The molecule has 0 aliphatic heterocycles. The van der Waals surface area contributed by atoms with Gasteiger partial charge in [0.1, 0.15) is 5.82 Å². The SMILES string of the molecule is Cc1c(C2CC(F)(F)C2)nn(C(C)(C)C)c1NC(=O)O. The molecular weight excluding hydrogens is 268 g/mol. The quantitative estimate of drug-likeness (QED) is 0.874. The number of halogens is 2. The molecule has 1 amide bonds. The number of carbonyl (C=O) groups is 1. The summed E-state index contributed by atoms with van der Waals surface area (Å²) < 4.78 is 27.6. The predicted molar refractivity (Wildman–Crippen MR) is 70.5 cm³/mol. The fourth-order valence-electron chi connectivity index (χ4n) is 2.49. The Balaban J connectivity index is 2.40. The number of anilines is 1. The van der Waals surface area contributed by atoms with Crippen molar-refractivity contribution in [3.63, 3.8) is 0 Å². The zero-order valence-electron chi connectivity index (χ0n) is 12.0. The van der Waals surface area contributed by atoms with Gasteiger partial charge in [-0.15, -0.1) is 0 Å². The Morgan fingerprint density at radius 3 is 2.40 bits per heavy atom. The first-order chi connectivity index (χ1) is 9.01. The Morgan fingerprint density at radius 2 is 2.00 bits per heavy atom. The highest BCUT2D eigenvalue weighted by atomic mass is 19.3. The number of aromatic nitrogens is 2. The summed E-state index contributed by atoms with van der Waals surface area (Å²) >= 11 is 0. The molecule has 7 heteroatoms. The van der Waals surface area contributed by atoms with E-state index in [4.69, 9.17) is 5.11 Å². The average Bonchev–Trinajstić information content (AvgIpc) is 2.52. The summed E-state index contributed by atoms with van der Waals surface area (Å²) in [4.78, 5) is 10.9. The second-order valence-corrected chi connectivity index (χ2v) is 6.33. The van der Waals surface area contributed by atoms with Gasteiger partial charge in [-0.1, -0.05) is 0 Å². The minimum atomic E-state index is -2.62. The molecule has 1 aromatic rings. The maximum absolute atomic E-state index is 13.0. The Hall–Kier alpha value is -1.66. The summed E-state index contributed by atoms with van der Waals surface area (Å²) in [6.07, 6.45) is -1.63. The normalized spacial score (nSPS) is 18.7. The Morgan fingerprint density at radius 1 is 1.45 bits per heavy atom. The second kappa shape index (κ2) is 4.43. The molecule has 1 aliphatic rings. The van der Waals surface area contributed by atoms with E-state index in [0.717, 1.165) is 0 Å². The summed E-state index contributed by atoms with van der Waals surface area (Å²) in [5, 5.41) is 15.6. The fraction of sp³-hybridized carbons (Fsp3) is 0.692. The zero-order valence-corrected chi connectivity index (χ0v) is 12.0. The molecule has 0 bridgehead atoms. The molecule has 0 radical (unpaired) electrons. The molecule has 0 spiro atoms. The van der Waals surface area contributed by atoms with Gasteiger partial charge in [0.15, 0.2) is 0 Å². The van der Waals surface area contributed by atoms with Crippen LogP contribution in [0.15, 0.2) is 0 Å². The van der Waals surface area contributed by atoms with E-state index in [1.165, 1.54) is 0 Å². The van der Waals surface area contributed by atoms with Crippen molar-refractivity contribution < 1.29 is 18.7 Å². The molecule has 2 rings (SSSR count). The molecule has 1 aromatic heterocycles. The van der Waals surface area contributed by atoms with Crippen molar-refractivity contribution in [3.05, 3.63) is 11.3 Å². The lowest BCUT2D eigenvalue weighted by Crippen LogP contribution is -2.34. The number of alkyl halides is 2. The van der Waals surface area contributed by atoms with Crippen LogP contribution in [0.4, 0.5) is 19.4 Å². The highest BCUT2D eigenvalue weighted by Gasteiger charge is 2.48. The van der Waals surface area contributed by atoms with Crippen LogP contribution in [0.5, 0.6) is 0 Å². The molecule has 1 heterocycles. The molecule has 1 aliphatic carbocycles. The van der Waals surface area contributed by atoms with Crippen molar-refractivity contribution in [3.8, 4) is 0 Å². The molecule has 1 saturated carbocycles.